The van der Waals surface area contributed by atoms with E-state index in [0.717, 1.165) is 31.2 Å². The summed E-state index contributed by atoms with van der Waals surface area (Å²) in [4.78, 5) is 27.8. The van der Waals surface area contributed by atoms with Crippen LogP contribution in [0.15, 0.2) is 77.1 Å². The zero-order valence-corrected chi connectivity index (χ0v) is 23.3. The van der Waals surface area contributed by atoms with Gasteiger partial charge in [-0.3, -0.25) is 9.59 Å². The quantitative estimate of drug-likeness (QED) is 0.177. The molecule has 3 N–H and O–H groups in total. The van der Waals surface area contributed by atoms with Crippen LogP contribution in [0.4, 0.5) is 5.69 Å². The van der Waals surface area contributed by atoms with Gasteiger partial charge in [-0.05, 0) is 41.8 Å². The zero-order chi connectivity index (χ0) is 27.9. The number of para-hydroxylation sites is 1. The number of thioether (sulfide) groups is 1. The van der Waals surface area contributed by atoms with Crippen LogP contribution in [0.25, 0.3) is 10.2 Å². The van der Waals surface area contributed by atoms with Gasteiger partial charge in [0.05, 0.1) is 29.0 Å². The molecule has 10 heteroatoms. The zero-order valence-electron chi connectivity index (χ0n) is 21.7. The molecule has 0 aliphatic carbocycles. The monoisotopic (exact) mass is 578 g/mol. The number of amides is 1. The van der Waals surface area contributed by atoms with Crippen LogP contribution in [0.2, 0.25) is 0 Å². The molecule has 1 amide bonds. The van der Waals surface area contributed by atoms with Gasteiger partial charge in [-0.2, -0.15) is 0 Å². The summed E-state index contributed by atoms with van der Waals surface area (Å²) in [6.45, 7) is -0.0200. The minimum atomic E-state index is -0.919. The minimum absolute atomic E-state index is 0.0200. The average Bonchev–Trinajstić information content (AvgIpc) is 3.39. The van der Waals surface area contributed by atoms with E-state index in [1.807, 2.05) is 60.7 Å². The highest BCUT2D eigenvalue weighted by molar-refractivity contribution is 8.01. The molecule has 4 aromatic rings. The van der Waals surface area contributed by atoms with Crippen molar-refractivity contribution in [1.29, 1.82) is 0 Å². The number of aliphatic hydroxyl groups is 1. The maximum atomic E-state index is 12.3. The van der Waals surface area contributed by atoms with Crippen LogP contribution in [-0.2, 0) is 25.7 Å². The third-order valence-electron chi connectivity index (χ3n) is 6.52. The highest BCUT2D eigenvalue weighted by Crippen LogP contribution is 2.40. The fourth-order valence-corrected chi connectivity index (χ4v) is 6.60. The van der Waals surface area contributed by atoms with Crippen LogP contribution in [0.1, 0.15) is 54.8 Å². The van der Waals surface area contributed by atoms with Crippen LogP contribution in [-0.4, -0.2) is 38.9 Å². The maximum absolute atomic E-state index is 12.3. The lowest BCUT2D eigenvalue weighted by atomic mass is 10.0. The Labute approximate surface area is 240 Å². The number of benzene rings is 3. The first kappa shape index (κ1) is 28.3. The Hall–Kier alpha value is -3.28. The van der Waals surface area contributed by atoms with Gasteiger partial charge in [-0.15, -0.1) is 11.3 Å². The number of nitrogens with one attached hydrogen (secondary N) is 1. The van der Waals surface area contributed by atoms with Gasteiger partial charge >= 0.3 is 5.97 Å². The summed E-state index contributed by atoms with van der Waals surface area (Å²) in [6, 6.07) is 23.2. The van der Waals surface area contributed by atoms with Crippen molar-refractivity contribution < 1.29 is 29.3 Å². The van der Waals surface area contributed by atoms with Gasteiger partial charge in [0.1, 0.15) is 0 Å². The number of aromatic nitrogens is 1. The van der Waals surface area contributed by atoms with Crippen molar-refractivity contribution in [3.63, 3.8) is 0 Å². The van der Waals surface area contributed by atoms with Gasteiger partial charge in [0.25, 0.3) is 0 Å². The Bertz CT molecular complexity index is 1430. The number of carbonyl (C=O) groups excluding carboxylic acids is 1. The van der Waals surface area contributed by atoms with Gasteiger partial charge in [0, 0.05) is 36.3 Å². The summed E-state index contributed by atoms with van der Waals surface area (Å²) in [5.74, 6) is -0.459. The Morgan fingerprint density at radius 3 is 2.60 bits per heavy atom. The molecule has 0 bridgehead atoms. The van der Waals surface area contributed by atoms with Crippen molar-refractivity contribution in [3.8, 4) is 0 Å². The number of ether oxygens (including phenoxy) is 2. The summed E-state index contributed by atoms with van der Waals surface area (Å²) in [5, 5.41) is 21.1. The van der Waals surface area contributed by atoms with Gasteiger partial charge < -0.3 is 25.0 Å². The molecule has 40 heavy (non-hydrogen) atoms. The normalized spacial score (nSPS) is 19.0. The summed E-state index contributed by atoms with van der Waals surface area (Å²) in [6.07, 6.45) is 0.0290. The molecule has 1 aromatic heterocycles. The van der Waals surface area contributed by atoms with Crippen LogP contribution in [0, 0.1) is 0 Å². The predicted octanol–water partition coefficient (Wildman–Crippen LogP) is 6.32. The Morgan fingerprint density at radius 2 is 1.82 bits per heavy atom. The molecule has 1 aliphatic rings. The third-order valence-corrected chi connectivity index (χ3v) is 8.83. The molecule has 3 atom stereocenters. The fourth-order valence-electron chi connectivity index (χ4n) is 4.49. The van der Waals surface area contributed by atoms with E-state index in [2.05, 4.69) is 11.4 Å². The smallest absolute Gasteiger partial charge is 0.303 e. The molecule has 1 aliphatic heterocycles. The lowest BCUT2D eigenvalue weighted by molar-refractivity contribution is -0.245. The van der Waals surface area contributed by atoms with Crippen molar-refractivity contribution >= 4 is 50.9 Å². The second-order valence-electron chi connectivity index (χ2n) is 9.53. The summed E-state index contributed by atoms with van der Waals surface area (Å²) >= 11 is 3.34. The fraction of sp³-hybridized carbons (Fsp3) is 0.300. The Balaban J connectivity index is 1.31. The number of aliphatic carboxylic acids is 1. The number of fused-ring (bicyclic) bond motifs is 1. The number of aliphatic hydroxyl groups excluding tert-OH is 1. The number of anilines is 1. The van der Waals surface area contributed by atoms with Crippen molar-refractivity contribution in [2.45, 2.75) is 55.1 Å². The number of carboxylic acid groups (broad SMARTS) is 1. The molecule has 208 valence electrons. The van der Waals surface area contributed by atoms with Gasteiger partial charge in [-0.1, -0.05) is 60.3 Å². The minimum Gasteiger partial charge on any atom is -0.481 e. The first-order valence-corrected chi connectivity index (χ1v) is 14.9. The van der Waals surface area contributed by atoms with Gasteiger partial charge in [-0.25, -0.2) is 4.98 Å². The molecule has 5 rings (SSSR count). The molecular weight excluding hydrogens is 548 g/mol. The van der Waals surface area contributed by atoms with E-state index in [1.54, 1.807) is 29.2 Å². The van der Waals surface area contributed by atoms with Crippen LogP contribution in [0.5, 0.6) is 0 Å². The molecule has 1 fully saturated rings. The van der Waals surface area contributed by atoms with Crippen LogP contribution >= 0.6 is 23.1 Å². The van der Waals surface area contributed by atoms with Crippen molar-refractivity contribution in [2.24, 2.45) is 0 Å². The first-order valence-electron chi connectivity index (χ1n) is 13.1. The van der Waals surface area contributed by atoms with Crippen LogP contribution < -0.4 is 5.32 Å². The number of nitrogens with zero attached hydrogens (tertiary/aromatic N) is 1. The molecule has 0 unspecified atom stereocenters. The summed E-state index contributed by atoms with van der Waals surface area (Å²) in [5.41, 5.74) is 4.20. The van der Waals surface area contributed by atoms with Crippen molar-refractivity contribution in [2.75, 3.05) is 11.1 Å². The number of carboxylic acids is 1. The second-order valence-corrected chi connectivity index (χ2v) is 11.8. The van der Waals surface area contributed by atoms with E-state index < -0.39 is 12.3 Å². The van der Waals surface area contributed by atoms with Crippen molar-refractivity contribution in [1.82, 2.24) is 4.98 Å². The van der Waals surface area contributed by atoms with E-state index in [4.69, 9.17) is 19.6 Å². The molecular formula is C30H30N2O6S2. The van der Waals surface area contributed by atoms with Crippen LogP contribution in [0.3, 0.4) is 0 Å². The average molecular weight is 579 g/mol. The first-order chi connectivity index (χ1) is 19.5. The van der Waals surface area contributed by atoms with E-state index in [1.165, 1.54) is 0 Å². The summed E-state index contributed by atoms with van der Waals surface area (Å²) < 4.78 is 15.0. The number of rotatable bonds is 11. The molecule has 0 radical (unpaired) electrons. The highest BCUT2D eigenvalue weighted by atomic mass is 32.2. The highest BCUT2D eigenvalue weighted by Gasteiger charge is 2.32. The van der Waals surface area contributed by atoms with E-state index in [9.17, 15) is 14.7 Å². The molecule has 1 saturated heterocycles. The second kappa shape index (κ2) is 13.4. The number of hydrogen-bond donors (Lipinski definition) is 3. The molecule has 3 aromatic carbocycles. The molecule has 0 saturated carbocycles. The Morgan fingerprint density at radius 1 is 1.00 bits per heavy atom. The van der Waals surface area contributed by atoms with Crippen molar-refractivity contribution in [3.05, 3.63) is 89.5 Å². The van der Waals surface area contributed by atoms with Gasteiger partial charge in [0.15, 0.2) is 10.6 Å². The van der Waals surface area contributed by atoms with E-state index in [-0.39, 0.29) is 44.0 Å². The Kier molecular flexibility index (Phi) is 9.45. The largest absolute Gasteiger partial charge is 0.481 e. The van der Waals surface area contributed by atoms with Gasteiger partial charge in [0.2, 0.25) is 5.91 Å². The third kappa shape index (κ3) is 7.47. The standard InChI is InChI=1S/C30H30N2O6S2/c33-17-19-11-13-20(14-12-19)25-16-23(18-39-30-32-24-7-1-2-8-26(24)40-30)37-29(38-25)21-5-3-6-22(15-21)31-27(34)9-4-10-28(35)36/h1-3,5-8,11-15,23,25,29,33H,4,9-10,16-18H2,(H,31,34)(H,35,36)/t23-,25+,29+/m0/s1. The molecule has 8 nitrogen and oxygen atoms in total. The number of carbonyl (C=O) groups is 2. The lowest BCUT2D eigenvalue weighted by Crippen LogP contribution is -2.31. The SMILES string of the molecule is O=C(O)CCCC(=O)Nc1cccc([C@@H]2O[C@H](CSc3nc4ccccc4s3)C[C@H](c3ccc(CO)cc3)O2)c1. The van der Waals surface area contributed by atoms with E-state index >= 15 is 0 Å². The maximum Gasteiger partial charge on any atom is 0.303 e. The molecule has 2 heterocycles. The number of hydrogen-bond acceptors (Lipinski definition) is 8. The lowest BCUT2D eigenvalue weighted by Gasteiger charge is -2.36. The van der Waals surface area contributed by atoms with E-state index in [0.29, 0.717) is 17.9 Å². The number of thiazole rings is 1. The summed E-state index contributed by atoms with van der Waals surface area (Å²) in [7, 11) is 0. The predicted molar refractivity (Wildman–Crippen MR) is 155 cm³/mol. The molecule has 0 spiro atoms. The topological polar surface area (TPSA) is 118 Å².